The molecule has 6 aromatic rings. The maximum Gasteiger partial charge on any atom is 0.475 e. The van der Waals surface area contributed by atoms with E-state index in [2.05, 4.69) is 84.4 Å². The van der Waals surface area contributed by atoms with Crippen molar-refractivity contribution in [1.29, 1.82) is 0 Å². The molecule has 0 radical (unpaired) electrons. The Labute approximate surface area is 763 Å². The number of rotatable bonds is 33. The molecular formula is C93H128N8O25P2Si2. The minimum atomic E-state index is -4.26. The number of fused-ring (bicyclic) bond motifs is 5. The Morgan fingerprint density at radius 2 is 0.869 bits per heavy atom. The number of amides is 2. The van der Waals surface area contributed by atoms with Crippen LogP contribution in [-0.4, -0.2) is 182 Å². The summed E-state index contributed by atoms with van der Waals surface area (Å²) >= 11 is 0. The fourth-order valence-electron chi connectivity index (χ4n) is 16.2. The van der Waals surface area contributed by atoms with Crippen molar-refractivity contribution in [2.24, 2.45) is 33.9 Å². The molecule has 2 amide bonds. The van der Waals surface area contributed by atoms with Crippen LogP contribution in [0.5, 0.6) is 0 Å². The summed E-state index contributed by atoms with van der Waals surface area (Å²) in [5, 5.41) is 36.5. The van der Waals surface area contributed by atoms with Crippen LogP contribution in [-0.2, 0) is 142 Å². The van der Waals surface area contributed by atoms with Gasteiger partial charge in [0.1, 0.15) is 49.2 Å². The number of hydrogen-bond donors (Lipinski definition) is 4. The lowest BCUT2D eigenvalue weighted by Gasteiger charge is -2.48. The fraction of sp³-hybridized carbons (Fsp3) is 0.581. The molecule has 130 heavy (non-hydrogen) atoms. The van der Waals surface area contributed by atoms with Crippen molar-refractivity contribution in [3.63, 3.8) is 0 Å². The number of azide groups is 2. The van der Waals surface area contributed by atoms with Gasteiger partial charge in [0.25, 0.3) is 0 Å². The Kier molecular flexibility index (Phi) is 35.2. The van der Waals surface area contributed by atoms with E-state index in [9.17, 15) is 44.8 Å². The quantitative estimate of drug-likeness (QED) is 0.00742. The highest BCUT2D eigenvalue weighted by molar-refractivity contribution is 7.48. The Hall–Kier alpha value is -7.68. The molecule has 21 atom stereocenters. The van der Waals surface area contributed by atoms with Gasteiger partial charge >= 0.3 is 27.7 Å². The van der Waals surface area contributed by atoms with Crippen molar-refractivity contribution >= 4 is 50.2 Å². The molecule has 10 unspecified atom stereocenters. The minimum Gasteiger partial charge on any atom is -0.462 e. The van der Waals surface area contributed by atoms with Crippen LogP contribution in [0.15, 0.2) is 168 Å². The maximum atomic E-state index is 14.5. The zero-order chi connectivity index (χ0) is 93.5. The maximum absolute atomic E-state index is 14.5. The van der Waals surface area contributed by atoms with Gasteiger partial charge in [0.15, 0.2) is 41.8 Å². The largest absolute Gasteiger partial charge is 0.475 e. The average molecular weight is 1880 g/mol. The van der Waals surface area contributed by atoms with Crippen LogP contribution in [0.1, 0.15) is 153 Å². The van der Waals surface area contributed by atoms with Gasteiger partial charge in [0, 0.05) is 45.8 Å². The summed E-state index contributed by atoms with van der Waals surface area (Å²) in [6.45, 7) is 31.4. The van der Waals surface area contributed by atoms with Crippen molar-refractivity contribution in [2.45, 2.75) is 288 Å². The molecule has 0 spiro atoms. The second kappa shape index (κ2) is 45.1. The van der Waals surface area contributed by atoms with Gasteiger partial charge in [-0.3, -0.25) is 36.7 Å². The molecule has 6 aromatic carbocycles. The Bertz CT molecular complexity index is 4850. The van der Waals surface area contributed by atoms with Crippen LogP contribution in [0.2, 0.25) is 36.3 Å². The molecule has 4 fully saturated rings. The van der Waals surface area contributed by atoms with Gasteiger partial charge in [-0.1, -0.05) is 251 Å². The number of esters is 1. The molecule has 13 rings (SSSR count). The topological polar surface area (TPSA) is 414 Å². The number of hydrogen-bond acceptors (Lipinski definition) is 27. The predicted octanol–water partition coefficient (Wildman–Crippen LogP) is 18.0. The highest BCUT2D eigenvalue weighted by Crippen LogP contribution is 2.58. The summed E-state index contributed by atoms with van der Waals surface area (Å²) in [4.78, 5) is 46.2. The van der Waals surface area contributed by atoms with E-state index < -0.39 is 178 Å². The molecule has 33 nitrogen and oxygen atoms in total. The Balaban J connectivity index is 0.000000236. The van der Waals surface area contributed by atoms with Gasteiger partial charge in [-0.15, -0.1) is 0 Å². The normalized spacial score (nSPS) is 28.6. The molecule has 1 aliphatic carbocycles. The first-order chi connectivity index (χ1) is 61.9. The Morgan fingerprint density at radius 3 is 1.25 bits per heavy atom. The molecule has 0 saturated carbocycles. The number of aliphatic hydroxyl groups excluding tert-OH is 2. The van der Waals surface area contributed by atoms with E-state index in [0.29, 0.717) is 6.42 Å². The van der Waals surface area contributed by atoms with Crippen LogP contribution < -0.4 is 10.6 Å². The third kappa shape index (κ3) is 25.5. The molecule has 0 aromatic heterocycles. The molecule has 708 valence electrons. The lowest BCUT2D eigenvalue weighted by Crippen LogP contribution is -2.63. The summed E-state index contributed by atoms with van der Waals surface area (Å²) in [5.41, 5.74) is 28.3. The van der Waals surface area contributed by atoms with Crippen LogP contribution >= 0.6 is 15.6 Å². The summed E-state index contributed by atoms with van der Waals surface area (Å²) < 4.78 is 142. The Morgan fingerprint density at radius 1 is 0.500 bits per heavy atom. The van der Waals surface area contributed by atoms with Crippen LogP contribution in [0.4, 0.5) is 4.79 Å². The second-order valence-corrected chi connectivity index (χ2v) is 50.0. The number of phosphoric acid groups is 2. The third-order valence-electron chi connectivity index (χ3n) is 26.3. The van der Waals surface area contributed by atoms with Gasteiger partial charge in [-0.2, -0.15) is 0 Å². The van der Waals surface area contributed by atoms with E-state index in [-0.39, 0.29) is 102 Å². The highest BCUT2D eigenvalue weighted by atomic mass is 31.2. The minimum absolute atomic E-state index is 0.0101. The van der Waals surface area contributed by atoms with Crippen molar-refractivity contribution in [3.05, 3.63) is 223 Å². The van der Waals surface area contributed by atoms with Crippen molar-refractivity contribution < 1.29 is 117 Å². The van der Waals surface area contributed by atoms with Crippen LogP contribution in [0, 0.1) is 23.7 Å². The van der Waals surface area contributed by atoms with Gasteiger partial charge in [-0.05, 0) is 109 Å². The van der Waals surface area contributed by atoms with Crippen LogP contribution in [0.3, 0.4) is 0 Å². The monoisotopic (exact) mass is 1870 g/mol. The lowest BCUT2D eigenvalue weighted by atomic mass is 9.88. The van der Waals surface area contributed by atoms with E-state index in [1.54, 1.807) is 20.8 Å². The predicted molar refractivity (Wildman–Crippen MR) is 486 cm³/mol. The van der Waals surface area contributed by atoms with Crippen molar-refractivity contribution in [2.75, 3.05) is 33.0 Å². The van der Waals surface area contributed by atoms with Gasteiger partial charge in [-0.25, -0.2) is 13.9 Å². The number of aliphatic hydroxyl groups is 2. The SMILES string of the molecule is CCC(=O)O[C@H](CC)CC(=O)NC1[C@H](OCC2OC(O[Si](C)(C)C(C)(C)C)C(N=[N+]=[N-])[C@@H](O)[C@@H]2C)OC(COCc2ccccc2)[C@@H](OP2(=O)OCc3ccccc3CO2)[C@@H]1C.C[C@@H]1C(CO[C@@H]2OC(COCc3ccccc3)[C@@H](OP3(=O)OCc4ccccc4CO3)[C@H](C)C2NC(=O)OCC2c3ccccc3-c3ccccc32)OC(O[Si](C)(C)C(C)(C)C)C(N=[N+]=[N-])[C@H]1O. The number of nitrogens with zero attached hydrogens (tertiary/aromatic N) is 6. The van der Waals surface area contributed by atoms with E-state index in [1.165, 1.54) is 0 Å². The van der Waals surface area contributed by atoms with Crippen molar-refractivity contribution in [1.82, 2.24) is 10.6 Å². The average Bonchev–Trinajstić information content (AvgIpc) is 1.62. The number of benzene rings is 6. The zero-order valence-corrected chi connectivity index (χ0v) is 80.8. The smallest absolute Gasteiger partial charge is 0.462 e. The zero-order valence-electron chi connectivity index (χ0n) is 77.0. The summed E-state index contributed by atoms with van der Waals surface area (Å²) in [7, 11) is -13.5. The first-order valence-corrected chi connectivity index (χ1v) is 53.4. The third-order valence-corrected chi connectivity index (χ3v) is 38.0. The second-order valence-electron chi connectivity index (χ2n) is 37.2. The van der Waals surface area contributed by atoms with E-state index in [4.69, 9.17) is 83.4 Å². The highest BCUT2D eigenvalue weighted by Gasteiger charge is 2.56. The standard InChI is InChI=1S/C50H63N4O12PSi.C43H65N4O13PSi/c1-31-41(63-48(44(45(31)55)53-54-51)66-68(6,7)50(3,4)5)30-59-47-43(52-49(56)60-28-40-38-23-15-13-21-36(38)37-22-14-16-24-39(37)40)32(2)46(42(64-47)29-58-25-33-17-9-8-10-18-33)65-67(57)61-26-34-19-11-12-20-35(34)27-62-67;1-10-32(56-36(49)11-2)21-35(48)45-37-28(4)40(59-61(51)54-23-30-19-15-16-20-31(30)24-55-61)34(25-52-22-29-17-13-12-14-18-29)58-41(37)53-26-33-27(3)39(50)38(46-47-44)42(57-33)60-62(8,9)43(5,6)7/h8-24,31-32,40-48,55H,25-30H2,1-7H3,(H,52,56);12-20,27-28,32-34,37-42,50H,10-11,21-26H2,1-9H3,(H,45,48)/t31-,32-,41?,42?,43?,44?,45+,46+,47-,48?;27-,28-,32-,33?,34?,37?,38?,39+,40+,41-,42?/m11/s1. The fourth-order valence-corrected chi connectivity index (χ4v) is 21.3. The number of phosphoric ester groups is 2. The molecule has 6 aliphatic heterocycles. The summed E-state index contributed by atoms with van der Waals surface area (Å²) in [6, 6.07) is 46.4. The molecule has 0 bridgehead atoms. The van der Waals surface area contributed by atoms with Crippen molar-refractivity contribution in [3.8, 4) is 11.1 Å². The van der Waals surface area contributed by atoms with Gasteiger partial charge in [0.2, 0.25) is 5.91 Å². The number of carbonyl (C=O) groups excluding carboxylic acids is 3. The number of nitrogens with one attached hydrogen (secondary N) is 2. The van der Waals surface area contributed by atoms with Gasteiger partial charge in [0.05, 0.1) is 109 Å². The van der Waals surface area contributed by atoms with Gasteiger partial charge < -0.3 is 77.1 Å². The van der Waals surface area contributed by atoms with E-state index >= 15 is 0 Å². The number of ether oxygens (including phenoxy) is 10. The molecule has 6 heterocycles. The van der Waals surface area contributed by atoms with Crippen LogP contribution in [0.25, 0.3) is 32.0 Å². The lowest BCUT2D eigenvalue weighted by molar-refractivity contribution is -0.282. The first-order valence-electron chi connectivity index (χ1n) is 44.7. The number of alkyl carbamates (subject to hydrolysis) is 1. The molecule has 4 N–H and O–H groups in total. The van der Waals surface area contributed by atoms with E-state index in [1.807, 2.05) is 193 Å². The number of carbonyl (C=O) groups is 3. The molecular weight excluding hydrogens is 1750 g/mol. The molecule has 4 saturated heterocycles. The summed E-state index contributed by atoms with van der Waals surface area (Å²) in [6.07, 6.45) is -13.2. The van der Waals surface area contributed by atoms with E-state index in [0.717, 1.165) is 55.6 Å². The molecule has 7 aliphatic rings. The summed E-state index contributed by atoms with van der Waals surface area (Å²) in [5.74, 6) is -3.62. The first kappa shape index (κ1) is 101. The molecule has 37 heteroatoms.